The summed E-state index contributed by atoms with van der Waals surface area (Å²) in [5.41, 5.74) is 3.70. The molecule has 0 unspecified atom stereocenters. The third kappa shape index (κ3) is 3.04. The van der Waals surface area contributed by atoms with Crippen LogP contribution < -0.4 is 0 Å². The monoisotopic (exact) mass is 337 g/mol. The van der Waals surface area contributed by atoms with Gasteiger partial charge in [-0.3, -0.25) is 9.89 Å². The van der Waals surface area contributed by atoms with Gasteiger partial charge in [-0.05, 0) is 31.4 Å². The van der Waals surface area contributed by atoms with Crippen molar-refractivity contribution in [2.75, 3.05) is 13.1 Å². The summed E-state index contributed by atoms with van der Waals surface area (Å²) in [7, 11) is 0. The molecule has 6 nitrogen and oxygen atoms in total. The fourth-order valence-corrected chi connectivity index (χ4v) is 3.66. The number of carbonyl (C=O) groups is 1. The quantitative estimate of drug-likeness (QED) is 0.767. The van der Waals surface area contributed by atoms with Crippen LogP contribution in [0.2, 0.25) is 0 Å². The van der Waals surface area contributed by atoms with Crippen molar-refractivity contribution < 1.29 is 4.79 Å². The molecule has 0 aliphatic carbocycles. The number of imidazole rings is 1. The highest BCUT2D eigenvalue weighted by Crippen LogP contribution is 2.28. The van der Waals surface area contributed by atoms with E-state index in [2.05, 4.69) is 22.1 Å². The van der Waals surface area contributed by atoms with Crippen molar-refractivity contribution in [3.63, 3.8) is 0 Å². The molecule has 2 N–H and O–H groups in total. The minimum absolute atomic E-state index is 0.0815. The van der Waals surface area contributed by atoms with Gasteiger partial charge in [0.05, 0.1) is 22.8 Å². The molecule has 25 heavy (non-hydrogen) atoms. The third-order valence-electron chi connectivity index (χ3n) is 4.95. The molecule has 130 valence electrons. The molecular formula is C19H23N5O. The highest BCUT2D eigenvalue weighted by molar-refractivity contribution is 5.95. The van der Waals surface area contributed by atoms with Crippen molar-refractivity contribution in [2.24, 2.45) is 0 Å². The van der Waals surface area contributed by atoms with E-state index in [9.17, 15) is 4.79 Å². The lowest BCUT2D eigenvalue weighted by Gasteiger charge is -2.31. The van der Waals surface area contributed by atoms with Gasteiger partial charge in [0, 0.05) is 24.7 Å². The van der Waals surface area contributed by atoms with Gasteiger partial charge in [0.1, 0.15) is 5.82 Å². The Morgan fingerprint density at radius 2 is 2.24 bits per heavy atom. The number of amides is 1. The molecule has 1 amide bonds. The lowest BCUT2D eigenvalue weighted by molar-refractivity contribution is 0.0704. The molecule has 6 heteroatoms. The summed E-state index contributed by atoms with van der Waals surface area (Å²) < 4.78 is 0. The molecule has 1 fully saturated rings. The number of carbonyl (C=O) groups excluding carboxylic acids is 1. The Labute approximate surface area is 146 Å². The number of nitrogens with one attached hydrogen (secondary N) is 2. The van der Waals surface area contributed by atoms with Gasteiger partial charge in [-0.15, -0.1) is 0 Å². The number of H-pyrrole nitrogens is 2. The van der Waals surface area contributed by atoms with Gasteiger partial charge in [0.25, 0.3) is 5.91 Å². The van der Waals surface area contributed by atoms with E-state index in [4.69, 9.17) is 4.98 Å². The number of hydrogen-bond acceptors (Lipinski definition) is 3. The molecule has 0 radical (unpaired) electrons. The van der Waals surface area contributed by atoms with E-state index in [-0.39, 0.29) is 11.8 Å². The van der Waals surface area contributed by atoms with Crippen molar-refractivity contribution in [1.29, 1.82) is 0 Å². The van der Waals surface area contributed by atoms with Crippen LogP contribution >= 0.6 is 0 Å². The number of nitrogens with zero attached hydrogens (tertiary/aromatic N) is 3. The average molecular weight is 337 g/mol. The van der Waals surface area contributed by atoms with E-state index >= 15 is 0 Å². The van der Waals surface area contributed by atoms with Gasteiger partial charge in [0.15, 0.2) is 0 Å². The molecule has 0 spiro atoms. The SMILES string of the molecule is CCCc1[nH]ncc1C(=O)N1CCC[C@@H](c2nc3ccccc3[nH]2)C1. The zero-order valence-electron chi connectivity index (χ0n) is 14.5. The number of para-hydroxylation sites is 2. The first-order chi connectivity index (χ1) is 12.3. The highest BCUT2D eigenvalue weighted by atomic mass is 16.2. The Morgan fingerprint density at radius 1 is 1.36 bits per heavy atom. The van der Waals surface area contributed by atoms with E-state index in [0.717, 1.165) is 54.8 Å². The predicted octanol–water partition coefficient (Wildman–Crippen LogP) is 3.26. The largest absolute Gasteiger partial charge is 0.342 e. The van der Waals surface area contributed by atoms with Crippen LogP contribution in [0.3, 0.4) is 0 Å². The van der Waals surface area contributed by atoms with E-state index < -0.39 is 0 Å². The molecule has 4 rings (SSSR count). The van der Waals surface area contributed by atoms with E-state index in [1.54, 1.807) is 6.20 Å². The van der Waals surface area contributed by atoms with Crippen molar-refractivity contribution in [1.82, 2.24) is 25.1 Å². The van der Waals surface area contributed by atoms with Crippen LogP contribution in [-0.2, 0) is 6.42 Å². The first kappa shape index (κ1) is 15.9. The number of rotatable bonds is 4. The molecule has 0 bridgehead atoms. The predicted molar refractivity (Wildman–Crippen MR) is 96.6 cm³/mol. The number of piperidine rings is 1. The Kier molecular flexibility index (Phi) is 4.26. The van der Waals surface area contributed by atoms with Gasteiger partial charge in [0.2, 0.25) is 0 Å². The molecule has 3 aromatic rings. The maximum atomic E-state index is 12.9. The Hall–Kier alpha value is -2.63. The number of hydrogen-bond donors (Lipinski definition) is 2. The minimum atomic E-state index is 0.0815. The van der Waals surface area contributed by atoms with Crippen LogP contribution in [0.15, 0.2) is 30.5 Å². The second-order valence-corrected chi connectivity index (χ2v) is 6.74. The molecule has 3 heterocycles. The summed E-state index contributed by atoms with van der Waals surface area (Å²) in [4.78, 5) is 23.0. The molecule has 1 atom stereocenters. The first-order valence-corrected chi connectivity index (χ1v) is 9.02. The van der Waals surface area contributed by atoms with Crippen LogP contribution in [0.5, 0.6) is 0 Å². The normalized spacial score (nSPS) is 18.0. The van der Waals surface area contributed by atoms with Gasteiger partial charge in [-0.25, -0.2) is 4.98 Å². The molecule has 2 aromatic heterocycles. The molecule has 1 aliphatic heterocycles. The maximum absolute atomic E-state index is 12.9. The van der Waals surface area contributed by atoms with Gasteiger partial charge >= 0.3 is 0 Å². The summed E-state index contributed by atoms with van der Waals surface area (Å²) in [5, 5.41) is 7.04. The summed E-state index contributed by atoms with van der Waals surface area (Å²) in [6, 6.07) is 8.07. The van der Waals surface area contributed by atoms with Crippen LogP contribution in [-0.4, -0.2) is 44.1 Å². The van der Waals surface area contributed by atoms with E-state index in [1.807, 2.05) is 29.2 Å². The van der Waals surface area contributed by atoms with Crippen molar-refractivity contribution in [3.8, 4) is 0 Å². The third-order valence-corrected chi connectivity index (χ3v) is 4.95. The lowest BCUT2D eigenvalue weighted by Crippen LogP contribution is -2.39. The Bertz CT molecular complexity index is 848. The zero-order valence-corrected chi connectivity index (χ0v) is 14.5. The number of likely N-dealkylation sites (tertiary alicyclic amines) is 1. The number of benzene rings is 1. The number of aromatic amines is 2. The standard InChI is InChI=1S/C19H23N5O/c1-2-6-15-14(11-20-23-15)19(25)24-10-5-7-13(12-24)18-21-16-8-3-4-9-17(16)22-18/h3-4,8-9,11,13H,2,5-7,10,12H2,1H3,(H,20,23)(H,21,22)/t13-/m1/s1. The topological polar surface area (TPSA) is 77.7 Å². The second-order valence-electron chi connectivity index (χ2n) is 6.74. The van der Waals surface area contributed by atoms with E-state index in [1.165, 1.54) is 0 Å². The van der Waals surface area contributed by atoms with Crippen LogP contribution in [0.25, 0.3) is 11.0 Å². The Balaban J connectivity index is 1.54. The van der Waals surface area contributed by atoms with E-state index in [0.29, 0.717) is 12.1 Å². The molecular weight excluding hydrogens is 314 g/mol. The summed E-state index contributed by atoms with van der Waals surface area (Å²) in [6.07, 6.45) is 5.55. The van der Waals surface area contributed by atoms with Gasteiger partial charge in [-0.2, -0.15) is 5.10 Å². The first-order valence-electron chi connectivity index (χ1n) is 9.02. The molecule has 1 aliphatic rings. The summed E-state index contributed by atoms with van der Waals surface area (Å²) in [5.74, 6) is 1.32. The minimum Gasteiger partial charge on any atom is -0.342 e. The Morgan fingerprint density at radius 3 is 3.08 bits per heavy atom. The number of fused-ring (bicyclic) bond motifs is 1. The number of aromatic nitrogens is 4. The smallest absolute Gasteiger partial charge is 0.257 e. The highest BCUT2D eigenvalue weighted by Gasteiger charge is 2.28. The number of aryl methyl sites for hydroxylation is 1. The fourth-order valence-electron chi connectivity index (χ4n) is 3.66. The fraction of sp³-hybridized carbons (Fsp3) is 0.421. The van der Waals surface area contributed by atoms with Crippen molar-refractivity contribution in [2.45, 2.75) is 38.5 Å². The van der Waals surface area contributed by atoms with Crippen LogP contribution in [0.4, 0.5) is 0 Å². The molecule has 1 saturated heterocycles. The van der Waals surface area contributed by atoms with Crippen molar-refractivity contribution in [3.05, 3.63) is 47.5 Å². The second kappa shape index (κ2) is 6.70. The average Bonchev–Trinajstić information content (AvgIpc) is 3.28. The van der Waals surface area contributed by atoms with Gasteiger partial charge in [-0.1, -0.05) is 25.5 Å². The van der Waals surface area contributed by atoms with Gasteiger partial charge < -0.3 is 9.88 Å². The zero-order chi connectivity index (χ0) is 17.2. The molecule has 1 aromatic carbocycles. The van der Waals surface area contributed by atoms with Crippen molar-refractivity contribution >= 4 is 16.9 Å². The summed E-state index contributed by atoms with van der Waals surface area (Å²) >= 11 is 0. The maximum Gasteiger partial charge on any atom is 0.257 e. The summed E-state index contributed by atoms with van der Waals surface area (Å²) in [6.45, 7) is 3.61. The lowest BCUT2D eigenvalue weighted by atomic mass is 9.96. The van der Waals surface area contributed by atoms with Crippen LogP contribution in [0.1, 0.15) is 54.0 Å². The molecule has 0 saturated carbocycles. The van der Waals surface area contributed by atoms with Crippen LogP contribution in [0, 0.1) is 0 Å².